The topological polar surface area (TPSA) is 42.9 Å². The summed E-state index contributed by atoms with van der Waals surface area (Å²) in [6, 6.07) is 4.26. The van der Waals surface area contributed by atoms with Gasteiger partial charge in [0.25, 0.3) is 0 Å². The van der Waals surface area contributed by atoms with E-state index >= 15 is 0 Å². The molecule has 18 heavy (non-hydrogen) atoms. The van der Waals surface area contributed by atoms with Gasteiger partial charge in [0.1, 0.15) is 0 Å². The summed E-state index contributed by atoms with van der Waals surface area (Å²) in [7, 11) is 0. The van der Waals surface area contributed by atoms with Gasteiger partial charge in [-0.1, -0.05) is 0 Å². The van der Waals surface area contributed by atoms with E-state index in [0.717, 1.165) is 22.8 Å². The molecule has 0 radical (unpaired) electrons. The van der Waals surface area contributed by atoms with E-state index in [-0.39, 0.29) is 20.5 Å². The fourth-order valence-corrected chi connectivity index (χ4v) is 5.88. The van der Waals surface area contributed by atoms with E-state index in [1.165, 1.54) is 20.5 Å². The molecule has 0 N–H and O–H groups in total. The first kappa shape index (κ1) is 11.3. The second-order valence-electron chi connectivity index (χ2n) is 4.28. The van der Waals surface area contributed by atoms with Gasteiger partial charge in [0.05, 0.1) is 0 Å². The van der Waals surface area contributed by atoms with Gasteiger partial charge in [0, 0.05) is 0 Å². The normalized spacial score (nSPS) is 17.0. The van der Waals surface area contributed by atoms with Gasteiger partial charge in [-0.25, -0.2) is 0 Å². The van der Waals surface area contributed by atoms with Gasteiger partial charge in [-0.2, -0.15) is 0 Å². The number of fused-ring (bicyclic) bond motifs is 4. The number of hydrogen-bond acceptors (Lipinski definition) is 5. The third kappa shape index (κ3) is 1.63. The number of aromatic nitrogens is 2. The number of rotatable bonds is 0. The van der Waals surface area contributed by atoms with Crippen molar-refractivity contribution >= 4 is 44.0 Å². The zero-order valence-corrected chi connectivity index (χ0v) is 12.6. The first-order chi connectivity index (χ1) is 8.83. The number of carbonyl (C=O) groups is 1. The van der Waals surface area contributed by atoms with E-state index in [4.69, 9.17) is 0 Å². The monoisotopic (exact) mass is 340 g/mol. The third-order valence-electron chi connectivity index (χ3n) is 3.19. The standard InChI is InChI=1S/C12H8N2OS2Se/c15-10-5-16-3-6-2-9-7(1-8(6)10)4-17-12-11(9)13-14-18-12/h1-2H,3-5H2. The van der Waals surface area contributed by atoms with Crippen LogP contribution in [0.2, 0.25) is 0 Å². The van der Waals surface area contributed by atoms with Crippen LogP contribution in [0.3, 0.4) is 0 Å². The van der Waals surface area contributed by atoms with Crippen LogP contribution in [0.1, 0.15) is 21.5 Å². The van der Waals surface area contributed by atoms with Gasteiger partial charge in [-0.3, -0.25) is 0 Å². The van der Waals surface area contributed by atoms with Crippen molar-refractivity contribution < 1.29 is 4.79 Å². The summed E-state index contributed by atoms with van der Waals surface area (Å²) >= 11 is 3.71. The number of benzene rings is 1. The Labute approximate surface area is 119 Å². The van der Waals surface area contributed by atoms with Crippen LogP contribution in [0.15, 0.2) is 15.9 Å². The van der Waals surface area contributed by atoms with Crippen LogP contribution >= 0.6 is 23.5 Å². The van der Waals surface area contributed by atoms with Crippen molar-refractivity contribution in [1.29, 1.82) is 0 Å². The second kappa shape index (κ2) is 4.23. The van der Waals surface area contributed by atoms with Crippen molar-refractivity contribution in [3.8, 4) is 11.3 Å². The molecule has 3 heterocycles. The summed E-state index contributed by atoms with van der Waals surface area (Å²) in [6.45, 7) is 0. The van der Waals surface area contributed by atoms with Gasteiger partial charge < -0.3 is 0 Å². The number of nitrogens with zero attached hydrogens (tertiary/aromatic N) is 2. The van der Waals surface area contributed by atoms with E-state index in [1.807, 2.05) is 11.8 Å². The minimum absolute atomic E-state index is 0.179. The first-order valence-electron chi connectivity index (χ1n) is 5.55. The number of carbonyl (C=O) groups excluding carboxylic acids is 1. The van der Waals surface area contributed by atoms with Gasteiger partial charge in [-0.05, 0) is 0 Å². The molecule has 0 fully saturated rings. The van der Waals surface area contributed by atoms with E-state index in [2.05, 4.69) is 21.3 Å². The molecule has 2 aromatic rings. The van der Waals surface area contributed by atoms with Crippen molar-refractivity contribution in [2.45, 2.75) is 15.3 Å². The molecule has 0 saturated heterocycles. The third-order valence-corrected chi connectivity index (χ3v) is 7.31. The average Bonchev–Trinajstić information content (AvgIpc) is 2.86. The maximum atomic E-state index is 11.9. The molecule has 0 saturated carbocycles. The van der Waals surface area contributed by atoms with E-state index < -0.39 is 0 Å². The molecule has 0 bridgehead atoms. The van der Waals surface area contributed by atoms with Gasteiger partial charge >= 0.3 is 119 Å². The van der Waals surface area contributed by atoms with Crippen molar-refractivity contribution in [2.75, 3.05) is 5.75 Å². The number of thioether (sulfide) groups is 2. The molecule has 0 amide bonds. The second-order valence-corrected chi connectivity index (χ2v) is 8.42. The Morgan fingerprint density at radius 3 is 2.89 bits per heavy atom. The van der Waals surface area contributed by atoms with E-state index in [9.17, 15) is 4.79 Å². The molecule has 2 aliphatic heterocycles. The molecule has 4 rings (SSSR count). The molecule has 0 spiro atoms. The minimum atomic E-state index is 0.179. The van der Waals surface area contributed by atoms with Gasteiger partial charge in [0.2, 0.25) is 0 Å². The van der Waals surface area contributed by atoms with Gasteiger partial charge in [-0.15, -0.1) is 0 Å². The predicted octanol–water partition coefficient (Wildman–Crippen LogP) is 2.24. The Kier molecular flexibility index (Phi) is 2.66. The van der Waals surface area contributed by atoms with Crippen LogP contribution in [0.4, 0.5) is 0 Å². The van der Waals surface area contributed by atoms with E-state index in [0.29, 0.717) is 5.75 Å². The summed E-state index contributed by atoms with van der Waals surface area (Å²) in [5, 5.41) is 4.29. The van der Waals surface area contributed by atoms with Crippen LogP contribution in [0.5, 0.6) is 0 Å². The SMILES string of the molecule is O=C1CSCc2cc3c(cc21)CSc1[se]nnc1-3. The number of Topliss-reactive ketones (excluding diaryl/α,β-unsaturated/α-hetero) is 1. The van der Waals surface area contributed by atoms with E-state index in [1.54, 1.807) is 11.8 Å². The average molecular weight is 339 g/mol. The predicted molar refractivity (Wildman–Crippen MR) is 74.5 cm³/mol. The molecule has 90 valence electrons. The summed E-state index contributed by atoms with van der Waals surface area (Å²) in [5.41, 5.74) is 5.61. The quantitative estimate of drug-likeness (QED) is 0.689. The van der Waals surface area contributed by atoms with Crippen LogP contribution in [-0.4, -0.2) is 35.5 Å². The van der Waals surface area contributed by atoms with Crippen LogP contribution in [-0.2, 0) is 11.5 Å². The zero-order valence-electron chi connectivity index (χ0n) is 9.30. The number of hydrogen-bond donors (Lipinski definition) is 0. The fourth-order valence-electron chi connectivity index (χ4n) is 2.32. The van der Waals surface area contributed by atoms with Crippen molar-refractivity contribution in [3.63, 3.8) is 0 Å². The first-order valence-corrected chi connectivity index (χ1v) is 9.31. The Hall–Kier alpha value is -0.551. The summed E-state index contributed by atoms with van der Waals surface area (Å²) in [5.74, 6) is 2.78. The molecule has 3 nitrogen and oxygen atoms in total. The van der Waals surface area contributed by atoms with Gasteiger partial charge in [0.15, 0.2) is 0 Å². The van der Waals surface area contributed by atoms with Crippen LogP contribution in [0.25, 0.3) is 11.3 Å². The molecule has 0 aliphatic carbocycles. The Morgan fingerprint density at radius 1 is 1.11 bits per heavy atom. The Bertz CT molecular complexity index is 668. The molecule has 0 atom stereocenters. The molecular formula is C12H8N2OS2Se. The molecule has 0 unspecified atom stereocenters. The Morgan fingerprint density at radius 2 is 1.94 bits per heavy atom. The summed E-state index contributed by atoms with van der Waals surface area (Å²) in [6.07, 6.45) is 0. The molecule has 1 aromatic carbocycles. The molecule has 2 aliphatic rings. The van der Waals surface area contributed by atoms with Crippen LogP contribution in [0, 0.1) is 0 Å². The zero-order chi connectivity index (χ0) is 12.1. The molecule has 6 heteroatoms. The molecule has 1 aromatic heterocycles. The number of ketones is 1. The Balaban J connectivity index is 1.96. The van der Waals surface area contributed by atoms with Crippen molar-refractivity contribution in [1.82, 2.24) is 9.19 Å². The maximum absolute atomic E-state index is 11.9. The summed E-state index contributed by atoms with van der Waals surface area (Å²) < 4.78 is 5.51. The van der Waals surface area contributed by atoms with Crippen molar-refractivity contribution in [2.24, 2.45) is 0 Å². The van der Waals surface area contributed by atoms with Crippen molar-refractivity contribution in [3.05, 3.63) is 28.8 Å². The molecular weight excluding hydrogens is 331 g/mol. The van der Waals surface area contributed by atoms with Crippen LogP contribution < -0.4 is 0 Å². The summed E-state index contributed by atoms with van der Waals surface area (Å²) in [4.78, 5) is 11.9. The fraction of sp³-hybridized carbons (Fsp3) is 0.250.